The molecular weight excluding hydrogens is 386 g/mol. The van der Waals surface area contributed by atoms with Gasteiger partial charge in [0.25, 0.3) is 0 Å². The molecule has 0 bridgehead atoms. The molecule has 0 spiro atoms. The highest BCUT2D eigenvalue weighted by atomic mass is 32.2. The Morgan fingerprint density at radius 2 is 1.83 bits per heavy atom. The van der Waals surface area contributed by atoms with E-state index < -0.39 is 15.6 Å². The Morgan fingerprint density at radius 1 is 1.10 bits per heavy atom. The summed E-state index contributed by atoms with van der Waals surface area (Å²) in [4.78, 5) is 11.7. The first-order valence-corrected chi connectivity index (χ1v) is 11.3. The number of esters is 1. The van der Waals surface area contributed by atoms with Gasteiger partial charge in [0.05, 0.1) is 17.0 Å². The van der Waals surface area contributed by atoms with Gasteiger partial charge in [-0.15, -0.1) is 0 Å². The van der Waals surface area contributed by atoms with E-state index in [4.69, 9.17) is 4.74 Å². The van der Waals surface area contributed by atoms with Crippen molar-refractivity contribution in [3.05, 3.63) is 76.9 Å². The molecule has 0 N–H and O–H groups in total. The molecule has 1 unspecified atom stereocenters. The molecule has 1 aliphatic carbocycles. The SMILES string of the molecule is CC(=O)OCCC12C(=CCN1S(=O)(=O)c1ccc(C)cc1)CCc1ccccc12. The molecule has 29 heavy (non-hydrogen) atoms. The molecule has 1 heterocycles. The normalized spacial score (nSPS) is 21.2. The number of carbonyl (C=O) groups excluding carboxylic acids is 1. The van der Waals surface area contributed by atoms with Crippen molar-refractivity contribution in [2.75, 3.05) is 13.2 Å². The molecule has 152 valence electrons. The van der Waals surface area contributed by atoms with Crippen LogP contribution in [-0.2, 0) is 31.5 Å². The van der Waals surface area contributed by atoms with Crippen LogP contribution in [0.5, 0.6) is 0 Å². The summed E-state index contributed by atoms with van der Waals surface area (Å²) in [7, 11) is -3.74. The Bertz CT molecular complexity index is 1070. The van der Waals surface area contributed by atoms with E-state index in [-0.39, 0.29) is 17.5 Å². The lowest BCUT2D eigenvalue weighted by Crippen LogP contribution is -2.49. The quantitative estimate of drug-likeness (QED) is 0.556. The summed E-state index contributed by atoms with van der Waals surface area (Å²) in [5, 5.41) is 0. The summed E-state index contributed by atoms with van der Waals surface area (Å²) in [6.45, 7) is 3.80. The smallest absolute Gasteiger partial charge is 0.302 e. The lowest BCUT2D eigenvalue weighted by Gasteiger charge is -2.44. The third kappa shape index (κ3) is 3.30. The van der Waals surface area contributed by atoms with Gasteiger partial charge in [-0.05, 0) is 48.6 Å². The van der Waals surface area contributed by atoms with E-state index >= 15 is 0 Å². The van der Waals surface area contributed by atoms with Gasteiger partial charge >= 0.3 is 5.97 Å². The van der Waals surface area contributed by atoms with Crippen molar-refractivity contribution in [2.24, 2.45) is 0 Å². The summed E-state index contributed by atoms with van der Waals surface area (Å²) in [6.07, 6.45) is 4.13. The minimum absolute atomic E-state index is 0.168. The van der Waals surface area contributed by atoms with Crippen molar-refractivity contribution in [3.63, 3.8) is 0 Å². The fraction of sp³-hybridized carbons (Fsp3) is 0.348. The molecule has 2 aromatic rings. The van der Waals surface area contributed by atoms with Gasteiger partial charge in [-0.3, -0.25) is 4.79 Å². The van der Waals surface area contributed by atoms with Crippen LogP contribution in [0.1, 0.15) is 36.5 Å². The highest BCUT2D eigenvalue weighted by Gasteiger charge is 2.52. The Hall–Kier alpha value is -2.44. The molecule has 1 atom stereocenters. The Morgan fingerprint density at radius 3 is 2.55 bits per heavy atom. The van der Waals surface area contributed by atoms with Crippen LogP contribution in [0, 0.1) is 6.92 Å². The fourth-order valence-corrected chi connectivity index (χ4v) is 6.33. The molecule has 1 aliphatic heterocycles. The van der Waals surface area contributed by atoms with E-state index in [1.807, 2.05) is 43.3 Å². The first-order valence-electron chi connectivity index (χ1n) is 9.86. The van der Waals surface area contributed by atoms with E-state index in [9.17, 15) is 13.2 Å². The standard InChI is InChI=1S/C23H25NO4S/c1-17-7-11-21(12-8-17)29(26,27)24-15-13-20-10-9-19-5-3-4-6-22(19)23(20,24)14-16-28-18(2)25/h3-8,11-13H,9-10,14-16H2,1-2H3. The largest absolute Gasteiger partial charge is 0.466 e. The molecule has 0 saturated carbocycles. The molecule has 0 aromatic heterocycles. The van der Waals surface area contributed by atoms with Gasteiger partial charge in [-0.2, -0.15) is 4.31 Å². The molecule has 2 aromatic carbocycles. The maximum absolute atomic E-state index is 13.7. The van der Waals surface area contributed by atoms with Crippen molar-refractivity contribution in [2.45, 2.75) is 43.5 Å². The Labute approximate surface area is 172 Å². The molecule has 0 saturated heterocycles. The number of carbonyl (C=O) groups is 1. The van der Waals surface area contributed by atoms with Crippen LogP contribution in [0.4, 0.5) is 0 Å². The maximum atomic E-state index is 13.7. The van der Waals surface area contributed by atoms with Crippen LogP contribution in [0.15, 0.2) is 65.1 Å². The lowest BCUT2D eigenvalue weighted by atomic mass is 9.72. The van der Waals surface area contributed by atoms with Crippen LogP contribution in [0.3, 0.4) is 0 Å². The number of aryl methyl sites for hydroxylation is 2. The zero-order valence-electron chi connectivity index (χ0n) is 16.7. The predicted octanol–water partition coefficient (Wildman–Crippen LogP) is 3.72. The lowest BCUT2D eigenvalue weighted by molar-refractivity contribution is -0.141. The minimum atomic E-state index is -3.74. The average Bonchev–Trinajstić information content (AvgIpc) is 3.08. The molecule has 6 heteroatoms. The monoisotopic (exact) mass is 411 g/mol. The minimum Gasteiger partial charge on any atom is -0.466 e. The van der Waals surface area contributed by atoms with Crippen LogP contribution in [0.2, 0.25) is 0 Å². The van der Waals surface area contributed by atoms with Gasteiger partial charge in [-0.25, -0.2) is 8.42 Å². The second-order valence-electron chi connectivity index (χ2n) is 7.69. The number of rotatable bonds is 5. The zero-order chi connectivity index (χ0) is 20.6. The van der Waals surface area contributed by atoms with E-state index in [1.165, 1.54) is 6.92 Å². The second-order valence-corrected chi connectivity index (χ2v) is 9.55. The summed E-state index contributed by atoms with van der Waals surface area (Å²) in [6, 6.07) is 15.0. The summed E-state index contributed by atoms with van der Waals surface area (Å²) >= 11 is 0. The van der Waals surface area contributed by atoms with Crippen molar-refractivity contribution < 1.29 is 17.9 Å². The number of sulfonamides is 1. The highest BCUT2D eigenvalue weighted by molar-refractivity contribution is 7.89. The van der Waals surface area contributed by atoms with E-state index in [0.717, 1.165) is 35.1 Å². The zero-order valence-corrected chi connectivity index (χ0v) is 17.5. The summed E-state index contributed by atoms with van der Waals surface area (Å²) in [5.41, 5.74) is 3.45. The van der Waals surface area contributed by atoms with Gasteiger partial charge in [0, 0.05) is 19.9 Å². The van der Waals surface area contributed by atoms with Crippen molar-refractivity contribution in [1.82, 2.24) is 4.31 Å². The number of hydrogen-bond acceptors (Lipinski definition) is 4. The van der Waals surface area contributed by atoms with Gasteiger partial charge in [-0.1, -0.05) is 48.0 Å². The predicted molar refractivity (Wildman–Crippen MR) is 111 cm³/mol. The Kier molecular flexibility index (Phi) is 5.09. The molecular formula is C23H25NO4S. The molecule has 0 amide bonds. The van der Waals surface area contributed by atoms with Gasteiger partial charge in [0.1, 0.15) is 0 Å². The van der Waals surface area contributed by atoms with Crippen molar-refractivity contribution in [3.8, 4) is 0 Å². The molecule has 0 radical (unpaired) electrons. The first-order chi connectivity index (χ1) is 13.9. The number of ether oxygens (including phenoxy) is 1. The van der Waals surface area contributed by atoms with Crippen LogP contribution in [0.25, 0.3) is 0 Å². The Balaban J connectivity index is 1.84. The van der Waals surface area contributed by atoms with Gasteiger partial charge in [0.2, 0.25) is 10.0 Å². The number of nitrogens with zero attached hydrogens (tertiary/aromatic N) is 1. The van der Waals surface area contributed by atoms with Crippen LogP contribution < -0.4 is 0 Å². The van der Waals surface area contributed by atoms with Gasteiger partial charge in [0.15, 0.2) is 0 Å². The number of hydrogen-bond donors (Lipinski definition) is 0. The van der Waals surface area contributed by atoms with Crippen LogP contribution >= 0.6 is 0 Å². The van der Waals surface area contributed by atoms with E-state index in [0.29, 0.717) is 13.0 Å². The van der Waals surface area contributed by atoms with E-state index in [1.54, 1.807) is 16.4 Å². The molecule has 4 rings (SSSR count). The van der Waals surface area contributed by atoms with E-state index in [2.05, 4.69) is 6.07 Å². The van der Waals surface area contributed by atoms with Gasteiger partial charge < -0.3 is 4.74 Å². The maximum Gasteiger partial charge on any atom is 0.302 e. The molecule has 2 aliphatic rings. The third-order valence-corrected chi connectivity index (χ3v) is 7.87. The first kappa shape index (κ1) is 19.9. The molecule has 5 nitrogen and oxygen atoms in total. The number of fused-ring (bicyclic) bond motifs is 3. The van der Waals surface area contributed by atoms with Crippen LogP contribution in [-0.4, -0.2) is 31.8 Å². The van der Waals surface area contributed by atoms with Crippen molar-refractivity contribution >= 4 is 16.0 Å². The highest BCUT2D eigenvalue weighted by Crippen LogP contribution is 2.51. The van der Waals surface area contributed by atoms with Crippen molar-refractivity contribution in [1.29, 1.82) is 0 Å². The topological polar surface area (TPSA) is 63.7 Å². The molecule has 0 fully saturated rings. The average molecular weight is 412 g/mol. The number of benzene rings is 2. The third-order valence-electron chi connectivity index (χ3n) is 5.97. The summed E-state index contributed by atoms with van der Waals surface area (Å²) < 4.78 is 34.3. The summed E-state index contributed by atoms with van der Waals surface area (Å²) in [5.74, 6) is -0.359. The second kappa shape index (κ2) is 7.43. The fourth-order valence-electron chi connectivity index (χ4n) is 4.61.